The molecular weight excluding hydrogens is 314 g/mol. The third-order valence-corrected chi connectivity index (χ3v) is 3.37. The van der Waals surface area contributed by atoms with Crippen molar-refractivity contribution < 1.29 is 14.2 Å². The van der Waals surface area contributed by atoms with Gasteiger partial charge in [-0.2, -0.15) is 0 Å². The van der Waals surface area contributed by atoms with Gasteiger partial charge in [-0.05, 0) is 35.5 Å². The fourth-order valence-electron chi connectivity index (χ4n) is 2.11. The number of rotatable bonds is 11. The molecule has 4 heteroatoms. The normalized spacial score (nSPS) is 11.4. The highest BCUT2D eigenvalue weighted by molar-refractivity contribution is 5.52. The number of hydrogen-bond donors (Lipinski definition) is 1. The SMILES string of the molecule is N/C=C/C=C\c1ccc(OCCOCCOCc2ccccc2)cc1. The van der Waals surface area contributed by atoms with Gasteiger partial charge in [0.15, 0.2) is 0 Å². The molecule has 132 valence electrons. The van der Waals surface area contributed by atoms with Gasteiger partial charge in [0.25, 0.3) is 0 Å². The molecule has 0 atom stereocenters. The molecule has 0 aliphatic carbocycles. The molecule has 0 spiro atoms. The maximum absolute atomic E-state index is 5.64. The Bertz CT molecular complexity index is 636. The minimum Gasteiger partial charge on any atom is -0.491 e. The van der Waals surface area contributed by atoms with Crippen molar-refractivity contribution in [2.24, 2.45) is 5.73 Å². The first kappa shape index (κ1) is 18.8. The summed E-state index contributed by atoms with van der Waals surface area (Å²) in [5.41, 5.74) is 7.54. The summed E-state index contributed by atoms with van der Waals surface area (Å²) in [6.07, 6.45) is 7.15. The topological polar surface area (TPSA) is 53.7 Å². The maximum Gasteiger partial charge on any atom is 0.119 e. The molecule has 0 unspecified atom stereocenters. The van der Waals surface area contributed by atoms with Crippen molar-refractivity contribution >= 4 is 6.08 Å². The summed E-state index contributed by atoms with van der Waals surface area (Å²) < 4.78 is 16.7. The molecule has 0 saturated heterocycles. The molecule has 4 nitrogen and oxygen atoms in total. The van der Waals surface area contributed by atoms with E-state index in [1.54, 1.807) is 6.08 Å². The Morgan fingerprint density at radius 3 is 2.24 bits per heavy atom. The van der Waals surface area contributed by atoms with Gasteiger partial charge in [-0.15, -0.1) is 0 Å². The van der Waals surface area contributed by atoms with Crippen LogP contribution in [0.5, 0.6) is 5.75 Å². The summed E-state index contributed by atoms with van der Waals surface area (Å²) in [4.78, 5) is 0. The third-order valence-electron chi connectivity index (χ3n) is 3.37. The van der Waals surface area contributed by atoms with Gasteiger partial charge in [-0.3, -0.25) is 0 Å². The molecule has 2 aromatic carbocycles. The summed E-state index contributed by atoms with van der Waals surface area (Å²) in [5.74, 6) is 0.829. The number of nitrogens with two attached hydrogens (primary N) is 1. The van der Waals surface area contributed by atoms with Crippen molar-refractivity contribution in [2.45, 2.75) is 6.61 Å². The Morgan fingerprint density at radius 1 is 0.760 bits per heavy atom. The first-order valence-corrected chi connectivity index (χ1v) is 8.36. The van der Waals surface area contributed by atoms with E-state index in [2.05, 4.69) is 0 Å². The van der Waals surface area contributed by atoms with E-state index in [0.717, 1.165) is 11.3 Å². The summed E-state index contributed by atoms with van der Waals surface area (Å²) in [6, 6.07) is 18.0. The van der Waals surface area contributed by atoms with E-state index < -0.39 is 0 Å². The van der Waals surface area contributed by atoms with E-state index in [1.807, 2.05) is 66.7 Å². The highest BCUT2D eigenvalue weighted by atomic mass is 16.5. The van der Waals surface area contributed by atoms with Crippen molar-refractivity contribution in [3.8, 4) is 5.75 Å². The first-order chi connectivity index (χ1) is 12.4. The molecule has 0 fully saturated rings. The van der Waals surface area contributed by atoms with Crippen LogP contribution in [0.4, 0.5) is 0 Å². The minimum atomic E-state index is 0.518. The van der Waals surface area contributed by atoms with Crippen molar-refractivity contribution in [1.29, 1.82) is 0 Å². The van der Waals surface area contributed by atoms with E-state index >= 15 is 0 Å². The van der Waals surface area contributed by atoms with Gasteiger partial charge in [0.05, 0.1) is 26.4 Å². The Kier molecular flexibility index (Phi) is 8.93. The van der Waals surface area contributed by atoms with Gasteiger partial charge in [-0.25, -0.2) is 0 Å². The maximum atomic E-state index is 5.64. The van der Waals surface area contributed by atoms with Crippen LogP contribution in [0.2, 0.25) is 0 Å². The van der Waals surface area contributed by atoms with Crippen LogP contribution >= 0.6 is 0 Å². The molecule has 0 heterocycles. The molecular formula is C21H25NO3. The van der Waals surface area contributed by atoms with E-state index in [-0.39, 0.29) is 0 Å². The Balaban J connectivity index is 1.51. The van der Waals surface area contributed by atoms with Crippen LogP contribution in [0, 0.1) is 0 Å². The third kappa shape index (κ3) is 8.20. The fraction of sp³-hybridized carbons (Fsp3) is 0.238. The highest BCUT2D eigenvalue weighted by Gasteiger charge is 1.95. The van der Waals surface area contributed by atoms with Crippen molar-refractivity contribution in [3.05, 3.63) is 84.1 Å². The van der Waals surface area contributed by atoms with Gasteiger partial charge >= 0.3 is 0 Å². The minimum absolute atomic E-state index is 0.518. The van der Waals surface area contributed by atoms with Crippen molar-refractivity contribution in [1.82, 2.24) is 0 Å². The standard InChI is InChI=1S/C21H25NO3/c22-13-5-4-6-19-9-11-21(12-10-19)25-17-16-23-14-15-24-18-20-7-2-1-3-8-20/h1-13H,14-18,22H2/b6-4-,13-5+. The molecule has 0 amide bonds. The van der Waals surface area contributed by atoms with Gasteiger partial charge in [-0.1, -0.05) is 54.6 Å². The van der Waals surface area contributed by atoms with E-state index in [4.69, 9.17) is 19.9 Å². The van der Waals surface area contributed by atoms with Crippen LogP contribution in [-0.2, 0) is 16.1 Å². The zero-order chi connectivity index (χ0) is 17.6. The van der Waals surface area contributed by atoms with E-state index in [0.29, 0.717) is 33.0 Å². The van der Waals surface area contributed by atoms with Gasteiger partial charge < -0.3 is 19.9 Å². The summed E-state index contributed by atoms with van der Waals surface area (Å²) >= 11 is 0. The van der Waals surface area contributed by atoms with Crippen LogP contribution in [0.3, 0.4) is 0 Å². The average molecular weight is 339 g/mol. The lowest BCUT2D eigenvalue weighted by atomic mass is 10.2. The second-order valence-corrected chi connectivity index (χ2v) is 5.31. The van der Waals surface area contributed by atoms with Gasteiger partial charge in [0.1, 0.15) is 12.4 Å². The smallest absolute Gasteiger partial charge is 0.119 e. The van der Waals surface area contributed by atoms with Gasteiger partial charge in [0, 0.05) is 0 Å². The number of benzene rings is 2. The van der Waals surface area contributed by atoms with Crippen LogP contribution in [0.25, 0.3) is 6.08 Å². The molecule has 25 heavy (non-hydrogen) atoms. The molecule has 2 rings (SSSR count). The molecule has 0 saturated carbocycles. The van der Waals surface area contributed by atoms with Crippen LogP contribution < -0.4 is 10.5 Å². The predicted molar refractivity (Wildman–Crippen MR) is 101 cm³/mol. The van der Waals surface area contributed by atoms with Crippen LogP contribution in [0.1, 0.15) is 11.1 Å². The Hall–Kier alpha value is -2.56. The van der Waals surface area contributed by atoms with E-state index in [9.17, 15) is 0 Å². The summed E-state index contributed by atoms with van der Waals surface area (Å²) in [7, 11) is 0. The molecule has 2 N–H and O–H groups in total. The fourth-order valence-corrected chi connectivity index (χ4v) is 2.11. The molecule has 0 aromatic heterocycles. The number of hydrogen-bond acceptors (Lipinski definition) is 4. The number of ether oxygens (including phenoxy) is 3. The molecule has 0 aliphatic heterocycles. The lowest BCUT2D eigenvalue weighted by Crippen LogP contribution is -2.10. The lowest BCUT2D eigenvalue weighted by molar-refractivity contribution is 0.0303. The monoisotopic (exact) mass is 339 g/mol. The second-order valence-electron chi connectivity index (χ2n) is 5.31. The van der Waals surface area contributed by atoms with Crippen LogP contribution in [0.15, 0.2) is 72.9 Å². The summed E-state index contributed by atoms with van der Waals surface area (Å²) in [5, 5.41) is 0. The molecule has 0 radical (unpaired) electrons. The zero-order valence-corrected chi connectivity index (χ0v) is 14.3. The van der Waals surface area contributed by atoms with Crippen molar-refractivity contribution in [2.75, 3.05) is 26.4 Å². The summed E-state index contributed by atoms with van der Waals surface area (Å²) in [6.45, 7) is 2.81. The molecule has 0 aliphatic rings. The largest absolute Gasteiger partial charge is 0.491 e. The zero-order valence-electron chi connectivity index (χ0n) is 14.3. The molecule has 0 bridgehead atoms. The Morgan fingerprint density at radius 2 is 1.48 bits per heavy atom. The quantitative estimate of drug-likeness (QED) is 0.500. The van der Waals surface area contributed by atoms with Crippen molar-refractivity contribution in [3.63, 3.8) is 0 Å². The second kappa shape index (κ2) is 11.9. The Labute approximate surface area is 149 Å². The predicted octanol–water partition coefficient (Wildman–Crippen LogP) is 3.78. The van der Waals surface area contributed by atoms with Crippen LogP contribution in [-0.4, -0.2) is 26.4 Å². The van der Waals surface area contributed by atoms with E-state index in [1.165, 1.54) is 11.8 Å². The lowest BCUT2D eigenvalue weighted by Gasteiger charge is -2.08. The van der Waals surface area contributed by atoms with Gasteiger partial charge in [0.2, 0.25) is 0 Å². The molecule has 2 aromatic rings. The highest BCUT2D eigenvalue weighted by Crippen LogP contribution is 2.13. The first-order valence-electron chi connectivity index (χ1n) is 8.36. The number of allylic oxidation sites excluding steroid dienone is 2. The average Bonchev–Trinajstić information content (AvgIpc) is 2.66.